The number of hydrogen-bond donors (Lipinski definition) is 2. The van der Waals surface area contributed by atoms with Gasteiger partial charge < -0.3 is 20.9 Å². The second-order valence-electron chi connectivity index (χ2n) is 6.32. The van der Waals surface area contributed by atoms with Crippen molar-refractivity contribution >= 4 is 29.2 Å². The first-order valence-electron chi connectivity index (χ1n) is 8.99. The van der Waals surface area contributed by atoms with Crippen LogP contribution >= 0.6 is 12.2 Å². The van der Waals surface area contributed by atoms with Crippen molar-refractivity contribution in [3.8, 4) is 0 Å². The van der Waals surface area contributed by atoms with Crippen molar-refractivity contribution in [1.29, 1.82) is 0 Å². The van der Waals surface area contributed by atoms with Crippen LogP contribution < -0.4 is 11.5 Å². The van der Waals surface area contributed by atoms with E-state index in [1.54, 1.807) is 24.3 Å². The van der Waals surface area contributed by atoms with Gasteiger partial charge in [-0.25, -0.2) is 9.59 Å². The van der Waals surface area contributed by atoms with Crippen LogP contribution in [0.4, 0.5) is 0 Å². The standard InChI is InChI=1S/C21H24N2O4S/c22-14-8-7-13-21(23,19(24)26-15-16-9-3-1-4-10-16)20(25)27-18(28)17-11-5-2-6-12-17/h1-6,9-12H,7-8,13-15,22-23H2/t21-/m1/s1. The topological polar surface area (TPSA) is 105 Å². The summed E-state index contributed by atoms with van der Waals surface area (Å²) in [5.74, 6) is -1.79. The Balaban J connectivity index is 2.09. The lowest BCUT2D eigenvalue weighted by Gasteiger charge is -2.25. The molecule has 1 atom stereocenters. The van der Waals surface area contributed by atoms with Crippen LogP contribution in [-0.4, -0.2) is 29.1 Å². The molecule has 0 bridgehead atoms. The van der Waals surface area contributed by atoms with Crippen molar-refractivity contribution in [2.45, 2.75) is 31.4 Å². The highest BCUT2D eigenvalue weighted by Crippen LogP contribution is 2.18. The molecule has 0 aromatic heterocycles. The van der Waals surface area contributed by atoms with Gasteiger partial charge in [0.2, 0.25) is 10.6 Å². The third kappa shape index (κ3) is 5.95. The second-order valence-corrected chi connectivity index (χ2v) is 6.69. The van der Waals surface area contributed by atoms with E-state index in [1.165, 1.54) is 0 Å². The third-order valence-electron chi connectivity index (χ3n) is 4.16. The molecule has 0 amide bonds. The number of hydrogen-bond acceptors (Lipinski definition) is 7. The summed E-state index contributed by atoms with van der Waals surface area (Å²) in [6.07, 6.45) is 1.13. The molecular weight excluding hydrogens is 376 g/mol. The highest BCUT2D eigenvalue weighted by atomic mass is 32.1. The van der Waals surface area contributed by atoms with Gasteiger partial charge in [-0.1, -0.05) is 60.7 Å². The molecule has 2 aromatic carbocycles. The average molecular weight is 401 g/mol. The molecule has 0 aliphatic heterocycles. The van der Waals surface area contributed by atoms with Gasteiger partial charge in [-0.2, -0.15) is 0 Å². The largest absolute Gasteiger partial charge is 0.459 e. The first-order chi connectivity index (χ1) is 13.5. The number of esters is 2. The minimum absolute atomic E-state index is 0.00588. The normalized spacial score (nSPS) is 12.6. The molecule has 2 aromatic rings. The lowest BCUT2D eigenvalue weighted by molar-refractivity contribution is -0.161. The summed E-state index contributed by atoms with van der Waals surface area (Å²) in [5.41, 5.74) is 11.1. The highest BCUT2D eigenvalue weighted by Gasteiger charge is 2.45. The van der Waals surface area contributed by atoms with Gasteiger partial charge in [0.1, 0.15) is 6.61 Å². The first kappa shape index (κ1) is 21.7. The predicted molar refractivity (Wildman–Crippen MR) is 110 cm³/mol. The fourth-order valence-electron chi connectivity index (χ4n) is 2.50. The second kappa shape index (κ2) is 10.7. The molecular formula is C21H24N2O4S. The van der Waals surface area contributed by atoms with Crippen LogP contribution in [0.15, 0.2) is 60.7 Å². The quantitative estimate of drug-likeness (QED) is 0.288. The summed E-state index contributed by atoms with van der Waals surface area (Å²) in [7, 11) is 0. The Kier molecular flexibility index (Phi) is 8.25. The summed E-state index contributed by atoms with van der Waals surface area (Å²) in [6.45, 7) is 0.429. The zero-order chi connectivity index (χ0) is 20.4. The van der Waals surface area contributed by atoms with E-state index in [9.17, 15) is 9.59 Å². The molecule has 0 saturated carbocycles. The Labute approximate surface area is 169 Å². The van der Waals surface area contributed by atoms with Gasteiger partial charge in [0, 0.05) is 5.56 Å². The molecule has 4 N–H and O–H groups in total. The van der Waals surface area contributed by atoms with Gasteiger partial charge in [-0.3, -0.25) is 0 Å². The molecule has 2 rings (SSSR count). The molecule has 0 saturated heterocycles. The van der Waals surface area contributed by atoms with E-state index in [0.717, 1.165) is 5.56 Å². The molecule has 0 heterocycles. The number of unbranched alkanes of at least 4 members (excludes halogenated alkanes) is 1. The van der Waals surface area contributed by atoms with E-state index in [0.29, 0.717) is 24.9 Å². The minimum Gasteiger partial charge on any atom is -0.459 e. The van der Waals surface area contributed by atoms with Crippen molar-refractivity contribution in [1.82, 2.24) is 0 Å². The summed E-state index contributed by atoms with van der Waals surface area (Å²) in [6, 6.07) is 17.9. The zero-order valence-electron chi connectivity index (χ0n) is 15.5. The van der Waals surface area contributed by atoms with Gasteiger partial charge in [0.05, 0.1) is 0 Å². The zero-order valence-corrected chi connectivity index (χ0v) is 16.3. The van der Waals surface area contributed by atoms with Crippen LogP contribution in [0.5, 0.6) is 0 Å². The SMILES string of the molecule is NCCCC[C@@](N)(C(=O)OCc1ccccc1)C(=O)OC(=S)c1ccccc1. The van der Waals surface area contributed by atoms with E-state index < -0.39 is 17.5 Å². The van der Waals surface area contributed by atoms with E-state index in [2.05, 4.69) is 0 Å². The van der Waals surface area contributed by atoms with Gasteiger partial charge in [0.15, 0.2) is 0 Å². The third-order valence-corrected chi connectivity index (χ3v) is 4.48. The van der Waals surface area contributed by atoms with Crippen molar-refractivity contribution in [3.63, 3.8) is 0 Å². The maximum Gasteiger partial charge on any atom is 0.344 e. The molecule has 6 nitrogen and oxygen atoms in total. The summed E-state index contributed by atoms with van der Waals surface area (Å²) in [5, 5.41) is -0.0462. The molecule has 0 aliphatic rings. The number of carbonyl (C=O) groups excluding carboxylic acids is 2. The number of ether oxygens (including phenoxy) is 2. The summed E-state index contributed by atoms with van der Waals surface area (Å²) < 4.78 is 10.5. The lowest BCUT2D eigenvalue weighted by atomic mass is 9.93. The van der Waals surface area contributed by atoms with E-state index in [-0.39, 0.29) is 18.1 Å². The Morgan fingerprint density at radius 3 is 2.14 bits per heavy atom. The van der Waals surface area contributed by atoms with Crippen molar-refractivity contribution in [2.75, 3.05) is 6.54 Å². The Bertz CT molecular complexity index is 799. The van der Waals surface area contributed by atoms with Crippen LogP contribution in [0, 0.1) is 0 Å². The van der Waals surface area contributed by atoms with Crippen LogP contribution in [0.1, 0.15) is 30.4 Å². The average Bonchev–Trinajstić information content (AvgIpc) is 2.73. The fourth-order valence-corrected chi connectivity index (χ4v) is 2.71. The van der Waals surface area contributed by atoms with Crippen LogP contribution in [-0.2, 0) is 25.7 Å². The molecule has 7 heteroatoms. The number of carbonyl (C=O) groups is 2. The molecule has 28 heavy (non-hydrogen) atoms. The first-order valence-corrected chi connectivity index (χ1v) is 9.40. The lowest BCUT2D eigenvalue weighted by Crippen LogP contribution is -2.57. The number of rotatable bonds is 9. The van der Waals surface area contributed by atoms with Crippen LogP contribution in [0.3, 0.4) is 0 Å². The van der Waals surface area contributed by atoms with Crippen molar-refractivity contribution in [3.05, 3.63) is 71.8 Å². The van der Waals surface area contributed by atoms with Crippen molar-refractivity contribution in [2.24, 2.45) is 11.5 Å². The summed E-state index contributed by atoms with van der Waals surface area (Å²) in [4.78, 5) is 25.4. The van der Waals surface area contributed by atoms with E-state index in [1.807, 2.05) is 36.4 Å². The van der Waals surface area contributed by atoms with Gasteiger partial charge in [0.25, 0.3) is 0 Å². The Morgan fingerprint density at radius 2 is 1.54 bits per heavy atom. The fraction of sp³-hybridized carbons (Fsp3) is 0.286. The summed E-state index contributed by atoms with van der Waals surface area (Å²) >= 11 is 5.16. The smallest absolute Gasteiger partial charge is 0.344 e. The molecule has 0 fully saturated rings. The number of benzene rings is 2. The van der Waals surface area contributed by atoms with E-state index in [4.69, 9.17) is 33.2 Å². The molecule has 148 valence electrons. The highest BCUT2D eigenvalue weighted by molar-refractivity contribution is 7.80. The van der Waals surface area contributed by atoms with E-state index >= 15 is 0 Å². The van der Waals surface area contributed by atoms with Crippen molar-refractivity contribution < 1.29 is 19.1 Å². The minimum atomic E-state index is -1.96. The molecule has 0 radical (unpaired) electrons. The van der Waals surface area contributed by atoms with Crippen LogP contribution in [0.2, 0.25) is 0 Å². The van der Waals surface area contributed by atoms with Gasteiger partial charge in [-0.05, 0) is 43.6 Å². The maximum absolute atomic E-state index is 12.7. The monoisotopic (exact) mass is 400 g/mol. The maximum atomic E-state index is 12.7. The Morgan fingerprint density at radius 1 is 0.929 bits per heavy atom. The van der Waals surface area contributed by atoms with Crippen LogP contribution in [0.25, 0.3) is 0 Å². The number of thiocarbonyl (C=S) groups is 1. The Hall–Kier alpha value is -2.61. The van der Waals surface area contributed by atoms with Gasteiger partial charge >= 0.3 is 11.9 Å². The molecule has 0 unspecified atom stereocenters. The number of nitrogens with two attached hydrogens (primary N) is 2. The molecule has 0 aliphatic carbocycles. The van der Waals surface area contributed by atoms with Gasteiger partial charge in [-0.15, -0.1) is 0 Å². The molecule has 0 spiro atoms. The predicted octanol–water partition coefficient (Wildman–Crippen LogP) is 2.48.